The highest BCUT2D eigenvalue weighted by Crippen LogP contribution is 2.17. The van der Waals surface area contributed by atoms with Crippen molar-refractivity contribution in [3.05, 3.63) is 18.1 Å². The summed E-state index contributed by atoms with van der Waals surface area (Å²) in [6.45, 7) is 3.08. The van der Waals surface area contributed by atoms with Crippen molar-refractivity contribution in [1.29, 1.82) is 0 Å². The second kappa shape index (κ2) is 4.37. The molecule has 0 unspecified atom stereocenters. The highest BCUT2D eigenvalue weighted by molar-refractivity contribution is 5.39. The SMILES string of the molecule is CNCc1cc(N2CCCC2)ncn1. The van der Waals surface area contributed by atoms with Gasteiger partial charge in [-0.1, -0.05) is 0 Å². The fourth-order valence-corrected chi connectivity index (χ4v) is 1.78. The van der Waals surface area contributed by atoms with Crippen molar-refractivity contribution in [3.63, 3.8) is 0 Å². The third-order valence-corrected chi connectivity index (χ3v) is 2.50. The summed E-state index contributed by atoms with van der Waals surface area (Å²) in [5.41, 5.74) is 1.06. The molecule has 0 atom stereocenters. The van der Waals surface area contributed by atoms with E-state index in [1.165, 1.54) is 12.8 Å². The minimum Gasteiger partial charge on any atom is -0.357 e. The van der Waals surface area contributed by atoms with Gasteiger partial charge in [0.1, 0.15) is 12.1 Å². The van der Waals surface area contributed by atoms with Crippen LogP contribution in [0.2, 0.25) is 0 Å². The molecule has 0 radical (unpaired) electrons. The zero-order valence-electron chi connectivity index (χ0n) is 8.53. The lowest BCUT2D eigenvalue weighted by Crippen LogP contribution is -2.19. The predicted molar refractivity (Wildman–Crippen MR) is 56.2 cm³/mol. The Balaban J connectivity index is 2.12. The van der Waals surface area contributed by atoms with Crippen molar-refractivity contribution in [1.82, 2.24) is 15.3 Å². The number of hydrogen-bond acceptors (Lipinski definition) is 4. The van der Waals surface area contributed by atoms with Crippen LogP contribution in [0, 0.1) is 0 Å². The first-order valence-electron chi connectivity index (χ1n) is 5.10. The van der Waals surface area contributed by atoms with Crippen molar-refractivity contribution in [3.8, 4) is 0 Å². The number of aromatic nitrogens is 2. The predicted octanol–water partition coefficient (Wildman–Crippen LogP) is 0.796. The maximum atomic E-state index is 4.29. The summed E-state index contributed by atoms with van der Waals surface area (Å²) in [6, 6.07) is 2.07. The van der Waals surface area contributed by atoms with E-state index in [9.17, 15) is 0 Å². The number of nitrogens with zero attached hydrogens (tertiary/aromatic N) is 3. The van der Waals surface area contributed by atoms with E-state index in [0.29, 0.717) is 0 Å². The van der Waals surface area contributed by atoms with E-state index in [1.807, 2.05) is 7.05 Å². The topological polar surface area (TPSA) is 41.0 Å². The maximum Gasteiger partial charge on any atom is 0.132 e. The van der Waals surface area contributed by atoms with Crippen LogP contribution in [0.4, 0.5) is 5.82 Å². The third-order valence-electron chi connectivity index (χ3n) is 2.50. The van der Waals surface area contributed by atoms with Crippen LogP contribution < -0.4 is 10.2 Å². The molecule has 1 aromatic rings. The monoisotopic (exact) mass is 192 g/mol. The van der Waals surface area contributed by atoms with Crippen LogP contribution in [0.25, 0.3) is 0 Å². The van der Waals surface area contributed by atoms with E-state index in [1.54, 1.807) is 6.33 Å². The molecule has 2 heterocycles. The molecule has 2 rings (SSSR count). The van der Waals surface area contributed by atoms with Gasteiger partial charge < -0.3 is 10.2 Å². The number of hydrogen-bond donors (Lipinski definition) is 1. The Hall–Kier alpha value is -1.16. The zero-order valence-corrected chi connectivity index (χ0v) is 8.53. The van der Waals surface area contributed by atoms with Crippen LogP contribution in [0.15, 0.2) is 12.4 Å². The summed E-state index contributed by atoms with van der Waals surface area (Å²) >= 11 is 0. The van der Waals surface area contributed by atoms with Gasteiger partial charge in [-0.05, 0) is 19.9 Å². The van der Waals surface area contributed by atoms with E-state index in [4.69, 9.17) is 0 Å². The Kier molecular flexibility index (Phi) is 2.93. The summed E-state index contributed by atoms with van der Waals surface area (Å²) in [6.07, 6.45) is 4.22. The van der Waals surface area contributed by atoms with E-state index < -0.39 is 0 Å². The normalized spacial score (nSPS) is 16.2. The summed E-state index contributed by atoms with van der Waals surface area (Å²) in [5, 5.41) is 3.09. The quantitative estimate of drug-likeness (QED) is 0.769. The second-order valence-corrected chi connectivity index (χ2v) is 3.59. The Morgan fingerprint density at radius 3 is 2.86 bits per heavy atom. The summed E-state index contributed by atoms with van der Waals surface area (Å²) < 4.78 is 0. The molecular formula is C10H16N4. The largest absolute Gasteiger partial charge is 0.357 e. The smallest absolute Gasteiger partial charge is 0.132 e. The van der Waals surface area contributed by atoms with Gasteiger partial charge in [0.15, 0.2) is 0 Å². The lowest BCUT2D eigenvalue weighted by atomic mass is 10.3. The second-order valence-electron chi connectivity index (χ2n) is 3.59. The number of anilines is 1. The molecular weight excluding hydrogens is 176 g/mol. The van der Waals surface area contributed by atoms with Gasteiger partial charge in [0.05, 0.1) is 5.69 Å². The van der Waals surface area contributed by atoms with E-state index in [-0.39, 0.29) is 0 Å². The van der Waals surface area contributed by atoms with Crippen molar-refractivity contribution >= 4 is 5.82 Å². The van der Waals surface area contributed by atoms with Crippen LogP contribution in [0.3, 0.4) is 0 Å². The van der Waals surface area contributed by atoms with Gasteiger partial charge in [0, 0.05) is 25.7 Å². The lowest BCUT2D eigenvalue weighted by molar-refractivity contribution is 0.782. The molecule has 1 aliphatic rings. The summed E-state index contributed by atoms with van der Waals surface area (Å²) in [5.74, 6) is 1.07. The van der Waals surface area contributed by atoms with Crippen molar-refractivity contribution in [2.45, 2.75) is 19.4 Å². The van der Waals surface area contributed by atoms with Gasteiger partial charge in [0.2, 0.25) is 0 Å². The average Bonchev–Trinajstić information content (AvgIpc) is 2.71. The van der Waals surface area contributed by atoms with Crippen molar-refractivity contribution in [2.75, 3.05) is 25.0 Å². The highest BCUT2D eigenvalue weighted by Gasteiger charge is 2.13. The van der Waals surface area contributed by atoms with Gasteiger partial charge >= 0.3 is 0 Å². The first kappa shape index (κ1) is 9.40. The highest BCUT2D eigenvalue weighted by atomic mass is 15.2. The third kappa shape index (κ3) is 2.01. The standard InChI is InChI=1S/C10H16N4/c1-11-7-9-6-10(13-8-12-9)14-4-2-3-5-14/h6,8,11H,2-5,7H2,1H3. The fraction of sp³-hybridized carbons (Fsp3) is 0.600. The molecule has 14 heavy (non-hydrogen) atoms. The Morgan fingerprint density at radius 2 is 2.14 bits per heavy atom. The molecule has 1 fully saturated rings. The molecule has 0 bridgehead atoms. The van der Waals surface area contributed by atoms with E-state index in [0.717, 1.165) is 31.1 Å². The van der Waals surface area contributed by atoms with Crippen LogP contribution in [-0.4, -0.2) is 30.1 Å². The molecule has 0 saturated carbocycles. The molecule has 0 aromatic carbocycles. The molecule has 0 spiro atoms. The first-order valence-corrected chi connectivity index (χ1v) is 5.10. The lowest BCUT2D eigenvalue weighted by Gasteiger charge is -2.16. The summed E-state index contributed by atoms with van der Waals surface area (Å²) in [7, 11) is 1.93. The van der Waals surface area contributed by atoms with Crippen LogP contribution in [0.1, 0.15) is 18.5 Å². The first-order chi connectivity index (χ1) is 6.90. The molecule has 4 nitrogen and oxygen atoms in total. The van der Waals surface area contributed by atoms with Gasteiger partial charge in [-0.2, -0.15) is 0 Å². The van der Waals surface area contributed by atoms with E-state index in [2.05, 4.69) is 26.3 Å². The Labute approximate surface area is 84.4 Å². The van der Waals surface area contributed by atoms with Crippen LogP contribution >= 0.6 is 0 Å². The Morgan fingerprint density at radius 1 is 1.36 bits per heavy atom. The molecule has 1 aliphatic heterocycles. The molecule has 4 heteroatoms. The Bertz CT molecular complexity index is 294. The van der Waals surface area contributed by atoms with Crippen molar-refractivity contribution < 1.29 is 0 Å². The number of nitrogens with one attached hydrogen (secondary N) is 1. The number of rotatable bonds is 3. The molecule has 0 amide bonds. The van der Waals surface area contributed by atoms with Crippen LogP contribution in [0.5, 0.6) is 0 Å². The maximum absolute atomic E-state index is 4.29. The molecule has 76 valence electrons. The van der Waals surface area contributed by atoms with Gasteiger partial charge in [-0.15, -0.1) is 0 Å². The van der Waals surface area contributed by atoms with Gasteiger partial charge in [-0.3, -0.25) is 0 Å². The van der Waals surface area contributed by atoms with E-state index >= 15 is 0 Å². The minimum absolute atomic E-state index is 0.809. The van der Waals surface area contributed by atoms with Crippen molar-refractivity contribution in [2.24, 2.45) is 0 Å². The molecule has 0 aliphatic carbocycles. The van der Waals surface area contributed by atoms with Gasteiger partial charge in [-0.25, -0.2) is 9.97 Å². The van der Waals surface area contributed by atoms with Crippen LogP contribution in [-0.2, 0) is 6.54 Å². The fourth-order valence-electron chi connectivity index (χ4n) is 1.78. The molecule has 1 aromatic heterocycles. The minimum atomic E-state index is 0.809. The molecule has 1 N–H and O–H groups in total. The average molecular weight is 192 g/mol. The van der Waals surface area contributed by atoms with Gasteiger partial charge in [0.25, 0.3) is 0 Å². The summed E-state index contributed by atoms with van der Waals surface area (Å²) in [4.78, 5) is 10.8. The molecule has 1 saturated heterocycles. The zero-order chi connectivity index (χ0) is 9.80.